The normalized spacial score (nSPS) is 17.0. The van der Waals surface area contributed by atoms with Crippen LogP contribution in [0.1, 0.15) is 44.9 Å². The molecule has 4 amide bonds. The van der Waals surface area contributed by atoms with Crippen molar-refractivity contribution >= 4 is 35.4 Å². The monoisotopic (exact) mass is 394 g/mol. The standard InChI is InChI=1S/C15H24ClFN4O5/c16-12(17)14(24)21(7-6-11(18)22)20-13(23)10(19-15(25)26)8-9-4-2-1-3-5-9/h9-10,12,19H,1-8H2,(H2,18,22)(H,20,23)(H,25,26)/t10?,12-/m1/s1. The molecule has 1 aliphatic carbocycles. The zero-order valence-electron chi connectivity index (χ0n) is 14.2. The van der Waals surface area contributed by atoms with Gasteiger partial charge in [-0.15, -0.1) is 0 Å². The number of hydrazine groups is 1. The number of nitrogens with zero attached hydrogens (tertiary/aromatic N) is 1. The fraction of sp³-hybridized carbons (Fsp3) is 0.733. The summed E-state index contributed by atoms with van der Waals surface area (Å²) in [4.78, 5) is 46.0. The number of carbonyl (C=O) groups excluding carboxylic acids is 3. The summed E-state index contributed by atoms with van der Waals surface area (Å²) in [5.74, 6) is -2.69. The lowest BCUT2D eigenvalue weighted by Gasteiger charge is -2.29. The number of nitrogens with two attached hydrogens (primary N) is 1. The van der Waals surface area contributed by atoms with Crippen molar-refractivity contribution in [2.24, 2.45) is 11.7 Å². The van der Waals surface area contributed by atoms with E-state index in [9.17, 15) is 23.6 Å². The molecule has 0 aromatic carbocycles. The van der Waals surface area contributed by atoms with Crippen LogP contribution in [0.3, 0.4) is 0 Å². The zero-order chi connectivity index (χ0) is 19.7. The van der Waals surface area contributed by atoms with Crippen molar-refractivity contribution < 1.29 is 28.7 Å². The molecule has 1 rings (SSSR count). The van der Waals surface area contributed by atoms with Gasteiger partial charge in [-0.2, -0.15) is 0 Å². The predicted octanol–water partition coefficient (Wildman–Crippen LogP) is 0.863. The number of hydrogen-bond acceptors (Lipinski definition) is 4. The lowest BCUT2D eigenvalue weighted by atomic mass is 9.84. The first kappa shape index (κ1) is 21.9. The maximum absolute atomic E-state index is 13.1. The van der Waals surface area contributed by atoms with E-state index in [1.807, 2.05) is 0 Å². The van der Waals surface area contributed by atoms with Crippen LogP contribution in [0.2, 0.25) is 0 Å². The Balaban J connectivity index is 2.78. The van der Waals surface area contributed by atoms with E-state index in [1.165, 1.54) is 0 Å². The molecule has 0 heterocycles. The highest BCUT2D eigenvalue weighted by Crippen LogP contribution is 2.27. The average molecular weight is 395 g/mol. The van der Waals surface area contributed by atoms with E-state index in [0.717, 1.165) is 32.1 Å². The minimum atomic E-state index is -2.42. The molecule has 148 valence electrons. The van der Waals surface area contributed by atoms with Crippen molar-refractivity contribution in [2.75, 3.05) is 6.54 Å². The number of nitrogens with one attached hydrogen (secondary N) is 2. The number of rotatable bonds is 8. The molecule has 0 radical (unpaired) electrons. The molecular weight excluding hydrogens is 371 g/mol. The molecular formula is C15H24ClFN4O5. The lowest BCUT2D eigenvalue weighted by molar-refractivity contribution is -0.144. The van der Waals surface area contributed by atoms with Crippen LogP contribution in [0.5, 0.6) is 0 Å². The zero-order valence-corrected chi connectivity index (χ0v) is 15.0. The summed E-state index contributed by atoms with van der Waals surface area (Å²) in [6.45, 7) is -0.379. The van der Waals surface area contributed by atoms with E-state index >= 15 is 0 Å². The van der Waals surface area contributed by atoms with Crippen LogP contribution in [0.4, 0.5) is 9.18 Å². The predicted molar refractivity (Wildman–Crippen MR) is 90.6 cm³/mol. The van der Waals surface area contributed by atoms with Gasteiger partial charge < -0.3 is 16.2 Å². The fourth-order valence-electron chi connectivity index (χ4n) is 2.91. The topological polar surface area (TPSA) is 142 Å². The van der Waals surface area contributed by atoms with Crippen LogP contribution in [-0.4, -0.2) is 52.1 Å². The highest BCUT2D eigenvalue weighted by atomic mass is 35.5. The molecule has 2 atom stereocenters. The van der Waals surface area contributed by atoms with Crippen molar-refractivity contribution in [3.8, 4) is 0 Å². The molecule has 9 nitrogen and oxygen atoms in total. The number of halogens is 2. The molecule has 1 unspecified atom stereocenters. The number of alkyl halides is 2. The minimum Gasteiger partial charge on any atom is -0.465 e. The number of amides is 4. The van der Waals surface area contributed by atoms with Crippen LogP contribution in [0.25, 0.3) is 0 Å². The van der Waals surface area contributed by atoms with E-state index < -0.39 is 35.5 Å². The second-order valence-electron chi connectivity index (χ2n) is 6.22. The summed E-state index contributed by atoms with van der Waals surface area (Å²) in [5, 5.41) is 11.6. The van der Waals surface area contributed by atoms with Gasteiger partial charge in [0.15, 0.2) is 0 Å². The number of carboxylic acid groups (broad SMARTS) is 1. The first-order valence-electron chi connectivity index (χ1n) is 8.38. The molecule has 0 spiro atoms. The largest absolute Gasteiger partial charge is 0.465 e. The third-order valence-electron chi connectivity index (χ3n) is 4.19. The summed E-state index contributed by atoms with van der Waals surface area (Å²) in [7, 11) is 0. The fourth-order valence-corrected chi connectivity index (χ4v) is 3.03. The first-order valence-corrected chi connectivity index (χ1v) is 8.82. The maximum atomic E-state index is 13.1. The molecule has 1 fully saturated rings. The molecule has 0 aromatic heterocycles. The van der Waals surface area contributed by atoms with Crippen molar-refractivity contribution in [3.63, 3.8) is 0 Å². The Hall–Kier alpha value is -2.10. The van der Waals surface area contributed by atoms with Crippen molar-refractivity contribution in [3.05, 3.63) is 0 Å². The van der Waals surface area contributed by atoms with Gasteiger partial charge >= 0.3 is 6.09 Å². The smallest absolute Gasteiger partial charge is 0.405 e. The van der Waals surface area contributed by atoms with E-state index in [4.69, 9.17) is 22.4 Å². The summed E-state index contributed by atoms with van der Waals surface area (Å²) < 4.78 is 13.1. The Morgan fingerprint density at radius 3 is 2.35 bits per heavy atom. The molecule has 0 saturated heterocycles. The Morgan fingerprint density at radius 1 is 1.23 bits per heavy atom. The van der Waals surface area contributed by atoms with E-state index in [1.54, 1.807) is 0 Å². The highest BCUT2D eigenvalue weighted by Gasteiger charge is 2.30. The van der Waals surface area contributed by atoms with E-state index in [0.29, 0.717) is 5.01 Å². The number of hydrogen-bond donors (Lipinski definition) is 4. The summed E-state index contributed by atoms with van der Waals surface area (Å²) in [6, 6.07) is -1.12. The summed E-state index contributed by atoms with van der Waals surface area (Å²) in [6.07, 6.45) is 3.41. The van der Waals surface area contributed by atoms with Gasteiger partial charge in [0, 0.05) is 6.42 Å². The lowest BCUT2D eigenvalue weighted by Crippen LogP contribution is -2.56. The maximum Gasteiger partial charge on any atom is 0.405 e. The third-order valence-corrected chi connectivity index (χ3v) is 4.37. The molecule has 11 heteroatoms. The first-order chi connectivity index (χ1) is 12.2. The van der Waals surface area contributed by atoms with Gasteiger partial charge in [-0.05, 0) is 12.3 Å². The summed E-state index contributed by atoms with van der Waals surface area (Å²) in [5.41, 5.74) is 4.70. The molecule has 0 bridgehead atoms. The Kier molecular flexibility index (Phi) is 9.11. The summed E-state index contributed by atoms with van der Waals surface area (Å²) >= 11 is 5.11. The van der Waals surface area contributed by atoms with Gasteiger partial charge in [0.2, 0.25) is 5.91 Å². The second-order valence-corrected chi connectivity index (χ2v) is 6.61. The van der Waals surface area contributed by atoms with Crippen LogP contribution in [0, 0.1) is 5.92 Å². The minimum absolute atomic E-state index is 0.170. The van der Waals surface area contributed by atoms with Gasteiger partial charge in [-0.1, -0.05) is 43.7 Å². The quantitative estimate of drug-likeness (QED) is 0.357. The van der Waals surface area contributed by atoms with E-state index in [2.05, 4.69) is 10.7 Å². The van der Waals surface area contributed by atoms with Gasteiger partial charge in [-0.3, -0.25) is 19.8 Å². The van der Waals surface area contributed by atoms with Crippen LogP contribution >= 0.6 is 11.6 Å². The molecule has 26 heavy (non-hydrogen) atoms. The number of primary amides is 1. The van der Waals surface area contributed by atoms with Gasteiger partial charge in [0.25, 0.3) is 17.4 Å². The van der Waals surface area contributed by atoms with E-state index in [-0.39, 0.29) is 25.3 Å². The average Bonchev–Trinajstić information content (AvgIpc) is 2.57. The SMILES string of the molecule is NC(=O)CCN(NC(=O)C(CC1CCCCC1)NC(=O)O)C(=O)[C@@H](F)Cl. The van der Waals surface area contributed by atoms with Crippen LogP contribution in [0.15, 0.2) is 0 Å². The Morgan fingerprint density at radius 2 is 1.85 bits per heavy atom. The van der Waals surface area contributed by atoms with Gasteiger partial charge in [0.05, 0.1) is 6.54 Å². The highest BCUT2D eigenvalue weighted by molar-refractivity contribution is 6.29. The Bertz CT molecular complexity index is 528. The second kappa shape index (κ2) is 10.8. The van der Waals surface area contributed by atoms with Gasteiger partial charge in [0.1, 0.15) is 6.04 Å². The van der Waals surface area contributed by atoms with Gasteiger partial charge in [-0.25, -0.2) is 14.2 Å². The Labute approximate surface area is 155 Å². The molecule has 5 N–H and O–H groups in total. The third kappa shape index (κ3) is 7.85. The number of carbonyl (C=O) groups is 4. The molecule has 0 aromatic rings. The van der Waals surface area contributed by atoms with Crippen molar-refractivity contribution in [1.29, 1.82) is 0 Å². The molecule has 0 aliphatic heterocycles. The van der Waals surface area contributed by atoms with Crippen LogP contribution < -0.4 is 16.5 Å². The van der Waals surface area contributed by atoms with Crippen molar-refractivity contribution in [2.45, 2.75) is 56.6 Å². The molecule has 1 saturated carbocycles. The van der Waals surface area contributed by atoms with Crippen molar-refractivity contribution in [1.82, 2.24) is 15.8 Å². The molecule has 1 aliphatic rings. The van der Waals surface area contributed by atoms with Crippen LogP contribution in [-0.2, 0) is 14.4 Å².